The maximum Gasteiger partial charge on any atom is 0.224 e. The summed E-state index contributed by atoms with van der Waals surface area (Å²) in [6.45, 7) is 2.76. The third-order valence-corrected chi connectivity index (χ3v) is 4.75. The van der Waals surface area contributed by atoms with Crippen LogP contribution in [0.2, 0.25) is 0 Å². The van der Waals surface area contributed by atoms with Crippen molar-refractivity contribution in [2.45, 2.75) is 18.2 Å². The summed E-state index contributed by atoms with van der Waals surface area (Å²) >= 11 is 1.76. The van der Waals surface area contributed by atoms with E-state index in [2.05, 4.69) is 41.5 Å². The van der Waals surface area contributed by atoms with E-state index in [-0.39, 0.29) is 5.91 Å². The molecule has 0 spiro atoms. The summed E-state index contributed by atoms with van der Waals surface area (Å²) in [5.74, 6) is 0.946. The molecule has 118 valence electrons. The highest BCUT2D eigenvalue weighted by atomic mass is 32.2. The zero-order valence-electron chi connectivity index (χ0n) is 13.1. The standard InChI is InChI=1S/C19H20N2OS/c1-14-6-8-16(9-7-14)23-11-10-20-19(22)12-15-13-21-18-5-3-2-4-17(15)18/h2-9,13,21H,10-12H2,1H3,(H,20,22). The number of H-pyrrole nitrogens is 1. The molecule has 0 saturated carbocycles. The second-order valence-electron chi connectivity index (χ2n) is 5.55. The van der Waals surface area contributed by atoms with E-state index >= 15 is 0 Å². The van der Waals surface area contributed by atoms with Crippen LogP contribution in [0.25, 0.3) is 10.9 Å². The molecule has 0 fully saturated rings. The van der Waals surface area contributed by atoms with Crippen molar-refractivity contribution in [3.05, 3.63) is 65.9 Å². The highest BCUT2D eigenvalue weighted by Crippen LogP contribution is 2.19. The van der Waals surface area contributed by atoms with E-state index in [4.69, 9.17) is 0 Å². The van der Waals surface area contributed by atoms with Crippen LogP contribution >= 0.6 is 11.8 Å². The fourth-order valence-corrected chi connectivity index (χ4v) is 3.28. The van der Waals surface area contributed by atoms with E-state index in [0.29, 0.717) is 13.0 Å². The van der Waals surface area contributed by atoms with Gasteiger partial charge in [0, 0.05) is 34.3 Å². The fraction of sp³-hybridized carbons (Fsp3) is 0.211. The number of aromatic nitrogens is 1. The summed E-state index contributed by atoms with van der Waals surface area (Å²) in [4.78, 5) is 16.5. The van der Waals surface area contributed by atoms with Crippen LogP contribution in [0.5, 0.6) is 0 Å². The van der Waals surface area contributed by atoms with E-state index in [1.807, 2.05) is 30.5 Å². The molecule has 3 rings (SSSR count). The summed E-state index contributed by atoms with van der Waals surface area (Å²) in [6, 6.07) is 16.5. The van der Waals surface area contributed by atoms with Crippen molar-refractivity contribution < 1.29 is 4.79 Å². The normalized spacial score (nSPS) is 10.8. The number of benzene rings is 2. The molecule has 1 heterocycles. The average molecular weight is 324 g/mol. The second-order valence-corrected chi connectivity index (χ2v) is 6.72. The number of thioether (sulfide) groups is 1. The molecule has 23 heavy (non-hydrogen) atoms. The molecule has 0 aliphatic rings. The first-order valence-electron chi connectivity index (χ1n) is 7.73. The highest BCUT2D eigenvalue weighted by molar-refractivity contribution is 7.99. The van der Waals surface area contributed by atoms with Gasteiger partial charge in [0.1, 0.15) is 0 Å². The third kappa shape index (κ3) is 4.17. The topological polar surface area (TPSA) is 44.9 Å². The van der Waals surface area contributed by atoms with Crippen LogP contribution < -0.4 is 5.32 Å². The fourth-order valence-electron chi connectivity index (χ4n) is 2.51. The van der Waals surface area contributed by atoms with E-state index in [1.54, 1.807) is 11.8 Å². The van der Waals surface area contributed by atoms with Gasteiger partial charge in [0.15, 0.2) is 0 Å². The van der Waals surface area contributed by atoms with Gasteiger partial charge in [-0.2, -0.15) is 0 Å². The Morgan fingerprint density at radius 2 is 1.91 bits per heavy atom. The van der Waals surface area contributed by atoms with Crippen LogP contribution in [0.15, 0.2) is 59.6 Å². The Morgan fingerprint density at radius 1 is 1.13 bits per heavy atom. The Kier molecular flexibility index (Phi) is 5.03. The van der Waals surface area contributed by atoms with Crippen LogP contribution in [0, 0.1) is 6.92 Å². The minimum absolute atomic E-state index is 0.0688. The predicted octanol–water partition coefficient (Wildman–Crippen LogP) is 3.93. The number of hydrogen-bond donors (Lipinski definition) is 2. The first-order chi connectivity index (χ1) is 11.2. The van der Waals surface area contributed by atoms with Crippen LogP contribution in [-0.2, 0) is 11.2 Å². The van der Waals surface area contributed by atoms with Gasteiger partial charge in [-0.05, 0) is 30.7 Å². The zero-order chi connectivity index (χ0) is 16.1. The largest absolute Gasteiger partial charge is 0.361 e. The predicted molar refractivity (Wildman–Crippen MR) is 96.9 cm³/mol. The first kappa shape index (κ1) is 15.7. The van der Waals surface area contributed by atoms with Crippen molar-refractivity contribution in [2.24, 2.45) is 0 Å². The molecule has 0 aliphatic carbocycles. The molecule has 3 nitrogen and oxygen atoms in total. The molecule has 0 atom stereocenters. The van der Waals surface area contributed by atoms with Crippen LogP contribution in [-0.4, -0.2) is 23.2 Å². The molecule has 4 heteroatoms. The summed E-state index contributed by atoms with van der Waals surface area (Å²) < 4.78 is 0. The minimum Gasteiger partial charge on any atom is -0.361 e. The minimum atomic E-state index is 0.0688. The highest BCUT2D eigenvalue weighted by Gasteiger charge is 2.08. The first-order valence-corrected chi connectivity index (χ1v) is 8.72. The van der Waals surface area contributed by atoms with Gasteiger partial charge < -0.3 is 10.3 Å². The Labute approximate surface area is 140 Å². The molecule has 1 amide bonds. The van der Waals surface area contributed by atoms with E-state index in [0.717, 1.165) is 22.2 Å². The van der Waals surface area contributed by atoms with Gasteiger partial charge in [-0.3, -0.25) is 4.79 Å². The number of fused-ring (bicyclic) bond motifs is 1. The molecule has 0 bridgehead atoms. The molecule has 2 N–H and O–H groups in total. The smallest absolute Gasteiger partial charge is 0.224 e. The van der Waals surface area contributed by atoms with Gasteiger partial charge >= 0.3 is 0 Å². The van der Waals surface area contributed by atoms with Crippen LogP contribution in [0.1, 0.15) is 11.1 Å². The lowest BCUT2D eigenvalue weighted by atomic mass is 10.1. The van der Waals surface area contributed by atoms with Gasteiger partial charge in [0.25, 0.3) is 0 Å². The SMILES string of the molecule is Cc1ccc(SCCNC(=O)Cc2c[nH]c3ccccc23)cc1. The number of amides is 1. The quantitative estimate of drug-likeness (QED) is 0.533. The van der Waals surface area contributed by atoms with E-state index in [1.165, 1.54) is 10.5 Å². The lowest BCUT2D eigenvalue weighted by molar-refractivity contribution is -0.120. The number of aryl methyl sites for hydroxylation is 1. The molecule has 3 aromatic rings. The number of rotatable bonds is 6. The maximum atomic E-state index is 12.1. The average Bonchev–Trinajstić information content (AvgIpc) is 2.96. The monoisotopic (exact) mass is 324 g/mol. The number of hydrogen-bond acceptors (Lipinski definition) is 2. The summed E-state index contributed by atoms with van der Waals surface area (Å²) in [5.41, 5.74) is 3.39. The summed E-state index contributed by atoms with van der Waals surface area (Å²) in [6.07, 6.45) is 2.34. The number of carbonyl (C=O) groups excluding carboxylic acids is 1. The number of para-hydroxylation sites is 1. The molecule has 0 radical (unpaired) electrons. The van der Waals surface area contributed by atoms with Gasteiger partial charge in [-0.25, -0.2) is 0 Å². The van der Waals surface area contributed by atoms with Crippen molar-refractivity contribution in [2.75, 3.05) is 12.3 Å². The van der Waals surface area contributed by atoms with Crippen molar-refractivity contribution in [3.63, 3.8) is 0 Å². The summed E-state index contributed by atoms with van der Waals surface area (Å²) in [5, 5.41) is 4.12. The lowest BCUT2D eigenvalue weighted by Crippen LogP contribution is -2.27. The van der Waals surface area contributed by atoms with E-state index in [9.17, 15) is 4.79 Å². The van der Waals surface area contributed by atoms with Gasteiger partial charge in [0.2, 0.25) is 5.91 Å². The Hall–Kier alpha value is -2.20. The molecule has 0 saturated heterocycles. The van der Waals surface area contributed by atoms with Crippen LogP contribution in [0.3, 0.4) is 0 Å². The maximum absolute atomic E-state index is 12.1. The van der Waals surface area contributed by atoms with Gasteiger partial charge in [0.05, 0.1) is 6.42 Å². The summed E-state index contributed by atoms with van der Waals surface area (Å²) in [7, 11) is 0. The van der Waals surface area contributed by atoms with Crippen molar-refractivity contribution >= 4 is 28.6 Å². The van der Waals surface area contributed by atoms with Gasteiger partial charge in [-0.1, -0.05) is 35.9 Å². The van der Waals surface area contributed by atoms with Crippen molar-refractivity contribution in [1.82, 2.24) is 10.3 Å². The lowest BCUT2D eigenvalue weighted by Gasteiger charge is -2.05. The van der Waals surface area contributed by atoms with Crippen molar-refractivity contribution in [3.8, 4) is 0 Å². The number of nitrogens with one attached hydrogen (secondary N) is 2. The third-order valence-electron chi connectivity index (χ3n) is 3.74. The molecule has 0 aliphatic heterocycles. The number of aromatic amines is 1. The molecule has 1 aromatic heterocycles. The molecule has 2 aromatic carbocycles. The second kappa shape index (κ2) is 7.38. The number of carbonyl (C=O) groups is 1. The molecular weight excluding hydrogens is 304 g/mol. The Morgan fingerprint density at radius 3 is 2.74 bits per heavy atom. The molecular formula is C19H20N2OS. The Bertz CT molecular complexity index is 792. The van der Waals surface area contributed by atoms with Crippen LogP contribution in [0.4, 0.5) is 0 Å². The molecule has 0 unspecified atom stereocenters. The van der Waals surface area contributed by atoms with Gasteiger partial charge in [-0.15, -0.1) is 11.8 Å². The van der Waals surface area contributed by atoms with E-state index < -0.39 is 0 Å². The Balaban J connectivity index is 1.45. The van der Waals surface area contributed by atoms with Crippen molar-refractivity contribution in [1.29, 1.82) is 0 Å². The zero-order valence-corrected chi connectivity index (χ0v) is 14.0.